The van der Waals surface area contributed by atoms with Crippen molar-refractivity contribution in [1.82, 2.24) is 5.32 Å². The van der Waals surface area contributed by atoms with Gasteiger partial charge in [0.15, 0.2) is 0 Å². The molecule has 0 aromatic heterocycles. The Morgan fingerprint density at radius 1 is 1.16 bits per heavy atom. The summed E-state index contributed by atoms with van der Waals surface area (Å²) in [6.07, 6.45) is 8.55. The van der Waals surface area contributed by atoms with E-state index in [4.69, 9.17) is 15.2 Å². The molecule has 1 aromatic carbocycles. The van der Waals surface area contributed by atoms with Crippen LogP contribution in [0, 0.1) is 23.7 Å². The predicted octanol–water partition coefficient (Wildman–Crippen LogP) is 3.87. The first-order chi connectivity index (χ1) is 15.5. The summed E-state index contributed by atoms with van der Waals surface area (Å²) in [4.78, 5) is 13.2. The topological polar surface area (TPSA) is 73.6 Å². The van der Waals surface area contributed by atoms with Crippen molar-refractivity contribution in [2.75, 3.05) is 20.3 Å². The second-order valence-electron chi connectivity index (χ2n) is 10.6. The van der Waals surface area contributed by atoms with Crippen molar-refractivity contribution in [3.63, 3.8) is 0 Å². The Hall–Kier alpha value is -1.92. The fourth-order valence-corrected chi connectivity index (χ4v) is 7.20. The van der Waals surface area contributed by atoms with Crippen LogP contribution in [0.4, 0.5) is 4.39 Å². The number of rotatable bonds is 8. The maximum atomic E-state index is 13.2. The van der Waals surface area contributed by atoms with Crippen LogP contribution in [0.5, 0.6) is 5.75 Å². The quantitative estimate of drug-likeness (QED) is 0.641. The average molecular weight is 443 g/mol. The van der Waals surface area contributed by atoms with Crippen molar-refractivity contribution in [1.29, 1.82) is 0 Å². The highest BCUT2D eigenvalue weighted by Crippen LogP contribution is 2.63. The van der Waals surface area contributed by atoms with E-state index in [9.17, 15) is 9.18 Å². The van der Waals surface area contributed by atoms with E-state index >= 15 is 0 Å². The number of benzene rings is 1. The Morgan fingerprint density at radius 2 is 1.84 bits per heavy atom. The first kappa shape index (κ1) is 21.9. The van der Waals surface area contributed by atoms with Crippen molar-refractivity contribution in [3.8, 4) is 5.75 Å². The van der Waals surface area contributed by atoms with Gasteiger partial charge in [0.05, 0.1) is 12.4 Å². The first-order valence-electron chi connectivity index (χ1n) is 12.1. The standard InChI is InChI=1S/C26H35FN2O3/c1-31-23-8-21(9-23)29-25(30)24-18-6-16-7-19(24)12-26(10-16,11-18)20-2-4-22(5-3-20)32-15-17(13-27)14-28/h2-5,13,16,18-19,21,23-24H,6-12,14-15,28H2,1H3,(H,29,30)/b17-13+. The van der Waals surface area contributed by atoms with E-state index in [0.717, 1.165) is 37.4 Å². The van der Waals surface area contributed by atoms with Crippen molar-refractivity contribution in [3.05, 3.63) is 41.7 Å². The summed E-state index contributed by atoms with van der Waals surface area (Å²) in [6.45, 7) is 0.330. The van der Waals surface area contributed by atoms with Crippen LogP contribution in [-0.2, 0) is 14.9 Å². The van der Waals surface area contributed by atoms with E-state index in [0.29, 0.717) is 29.8 Å². The van der Waals surface area contributed by atoms with Gasteiger partial charge in [0.2, 0.25) is 5.91 Å². The molecule has 174 valence electrons. The van der Waals surface area contributed by atoms with E-state index in [1.807, 2.05) is 12.1 Å². The van der Waals surface area contributed by atoms with Gasteiger partial charge < -0.3 is 20.5 Å². The van der Waals surface area contributed by atoms with Crippen LogP contribution >= 0.6 is 0 Å². The smallest absolute Gasteiger partial charge is 0.223 e. The van der Waals surface area contributed by atoms with Gasteiger partial charge in [-0.25, -0.2) is 4.39 Å². The van der Waals surface area contributed by atoms with Gasteiger partial charge in [-0.05, 0) is 85.8 Å². The second-order valence-corrected chi connectivity index (χ2v) is 10.6. The Balaban J connectivity index is 1.25. The maximum absolute atomic E-state index is 13.2. The normalized spacial score (nSPS) is 37.8. The van der Waals surface area contributed by atoms with Gasteiger partial charge in [-0.3, -0.25) is 4.79 Å². The van der Waals surface area contributed by atoms with Gasteiger partial charge in [-0.2, -0.15) is 0 Å². The second kappa shape index (κ2) is 8.79. The molecule has 4 bridgehead atoms. The van der Waals surface area contributed by atoms with E-state index in [2.05, 4.69) is 17.4 Å². The zero-order valence-electron chi connectivity index (χ0n) is 18.9. The monoisotopic (exact) mass is 442 g/mol. The summed E-state index contributed by atoms with van der Waals surface area (Å²) < 4.78 is 23.8. The minimum atomic E-state index is 0.157. The molecule has 2 unspecified atom stereocenters. The average Bonchev–Trinajstić information content (AvgIpc) is 2.76. The van der Waals surface area contributed by atoms with E-state index in [1.54, 1.807) is 7.11 Å². The Labute approximate surface area is 189 Å². The maximum Gasteiger partial charge on any atom is 0.223 e. The summed E-state index contributed by atoms with van der Waals surface area (Å²) in [6, 6.07) is 8.63. The summed E-state index contributed by atoms with van der Waals surface area (Å²) in [5.41, 5.74) is 7.50. The number of hydrogen-bond acceptors (Lipinski definition) is 4. The van der Waals surface area contributed by atoms with Gasteiger partial charge in [0.25, 0.3) is 0 Å². The number of ether oxygens (including phenoxy) is 2. The Kier molecular flexibility index (Phi) is 6.01. The van der Waals surface area contributed by atoms with Crippen molar-refractivity contribution < 1.29 is 18.7 Å². The number of methoxy groups -OCH3 is 1. The van der Waals surface area contributed by atoms with Gasteiger partial charge >= 0.3 is 0 Å². The molecule has 32 heavy (non-hydrogen) atoms. The van der Waals surface area contributed by atoms with Gasteiger partial charge in [0.1, 0.15) is 12.4 Å². The molecule has 5 aliphatic carbocycles. The largest absolute Gasteiger partial charge is 0.489 e. The molecule has 0 aliphatic heterocycles. The Morgan fingerprint density at radius 3 is 2.44 bits per heavy atom. The number of carbonyl (C=O) groups is 1. The third-order valence-electron chi connectivity index (χ3n) is 8.66. The minimum Gasteiger partial charge on any atom is -0.489 e. The minimum absolute atomic E-state index is 0.157. The van der Waals surface area contributed by atoms with Crippen LogP contribution < -0.4 is 15.8 Å². The molecule has 0 heterocycles. The fourth-order valence-electron chi connectivity index (χ4n) is 7.20. The summed E-state index contributed by atoms with van der Waals surface area (Å²) in [5, 5.41) is 3.33. The van der Waals surface area contributed by atoms with Gasteiger partial charge in [-0.1, -0.05) is 12.1 Å². The molecular formula is C26H35FN2O3. The number of halogens is 1. The number of carbonyl (C=O) groups excluding carboxylic acids is 1. The van der Waals surface area contributed by atoms with Crippen LogP contribution in [-0.4, -0.2) is 38.3 Å². The summed E-state index contributed by atoms with van der Waals surface area (Å²) >= 11 is 0. The molecule has 1 amide bonds. The molecule has 2 atom stereocenters. The fraction of sp³-hybridized carbons (Fsp3) is 0.654. The first-order valence-corrected chi connectivity index (χ1v) is 12.1. The summed E-state index contributed by atoms with van der Waals surface area (Å²) in [5.74, 6) is 2.89. The molecule has 3 N–H and O–H groups in total. The number of nitrogens with two attached hydrogens (primary N) is 1. The SMILES string of the molecule is COC1CC(NC(=O)C2C3CC4CC2CC(c2ccc(OC/C(=C/F)CN)cc2)(C4)C3)C1. The molecule has 5 aliphatic rings. The van der Waals surface area contributed by atoms with Crippen LogP contribution in [0.15, 0.2) is 36.2 Å². The van der Waals surface area contributed by atoms with E-state index in [1.165, 1.54) is 24.8 Å². The number of amides is 1. The molecule has 0 saturated heterocycles. The van der Waals surface area contributed by atoms with Crippen LogP contribution in [0.3, 0.4) is 0 Å². The Bertz CT molecular complexity index is 848. The highest BCUT2D eigenvalue weighted by molar-refractivity contribution is 5.80. The molecular weight excluding hydrogens is 407 g/mol. The molecule has 6 heteroatoms. The molecule has 5 fully saturated rings. The van der Waals surface area contributed by atoms with Crippen molar-refractivity contribution in [2.45, 2.75) is 62.5 Å². The van der Waals surface area contributed by atoms with Crippen LogP contribution in [0.2, 0.25) is 0 Å². The molecule has 6 rings (SSSR count). The highest BCUT2D eigenvalue weighted by atomic mass is 19.1. The third-order valence-corrected chi connectivity index (χ3v) is 8.66. The summed E-state index contributed by atoms with van der Waals surface area (Å²) in [7, 11) is 1.75. The molecule has 0 radical (unpaired) electrons. The van der Waals surface area contributed by atoms with Crippen molar-refractivity contribution >= 4 is 5.91 Å². The number of nitrogens with one attached hydrogen (secondary N) is 1. The van der Waals surface area contributed by atoms with Crippen LogP contribution in [0.1, 0.15) is 50.5 Å². The van der Waals surface area contributed by atoms with Gasteiger partial charge in [-0.15, -0.1) is 0 Å². The van der Waals surface area contributed by atoms with Gasteiger partial charge in [0, 0.05) is 31.2 Å². The lowest BCUT2D eigenvalue weighted by molar-refractivity contribution is -0.142. The lowest BCUT2D eigenvalue weighted by Crippen LogP contribution is -2.58. The highest BCUT2D eigenvalue weighted by Gasteiger charge is 2.57. The van der Waals surface area contributed by atoms with Crippen molar-refractivity contribution in [2.24, 2.45) is 29.4 Å². The number of hydrogen-bond donors (Lipinski definition) is 2. The molecule has 1 aromatic rings. The predicted molar refractivity (Wildman–Crippen MR) is 121 cm³/mol. The lowest BCUT2D eigenvalue weighted by Gasteiger charge is -2.60. The zero-order valence-corrected chi connectivity index (χ0v) is 18.9. The lowest BCUT2D eigenvalue weighted by atomic mass is 9.44. The third kappa shape index (κ3) is 3.96. The molecule has 5 nitrogen and oxygen atoms in total. The zero-order chi connectivity index (χ0) is 22.3. The molecule has 0 spiro atoms. The van der Waals surface area contributed by atoms with E-state index < -0.39 is 0 Å². The molecule has 5 saturated carbocycles. The van der Waals surface area contributed by atoms with E-state index in [-0.39, 0.29) is 36.4 Å². The van der Waals surface area contributed by atoms with Crippen LogP contribution in [0.25, 0.3) is 0 Å².